The fourth-order valence-corrected chi connectivity index (χ4v) is 4.06. The third kappa shape index (κ3) is 2.51. The van der Waals surface area contributed by atoms with Crippen molar-refractivity contribution in [2.45, 2.75) is 18.3 Å². The van der Waals surface area contributed by atoms with E-state index in [2.05, 4.69) is 27.8 Å². The number of amides is 1. The molecule has 1 saturated carbocycles. The third-order valence-electron chi connectivity index (χ3n) is 4.52. The number of pyridine rings is 1. The second kappa shape index (κ2) is 5.83. The number of aromatic nitrogens is 2. The standard InChI is InChI=1S/C19H17N3OS/c1-20-17(23)13-5-7-14(8-6-13)19(9-10-19)18-22-16(12-24-18)15-4-2-3-11-21-15/h2-8,11-12H,9-10H2,1H3,(H,20,23). The number of hydrogen-bond acceptors (Lipinski definition) is 4. The van der Waals surface area contributed by atoms with Crippen molar-refractivity contribution in [3.63, 3.8) is 0 Å². The Balaban J connectivity index is 1.64. The number of benzene rings is 1. The molecule has 0 spiro atoms. The Hall–Kier alpha value is -2.53. The molecule has 0 bridgehead atoms. The van der Waals surface area contributed by atoms with E-state index in [9.17, 15) is 4.79 Å². The summed E-state index contributed by atoms with van der Waals surface area (Å²) in [6.07, 6.45) is 3.99. The molecule has 1 aliphatic carbocycles. The van der Waals surface area contributed by atoms with Gasteiger partial charge in [0.25, 0.3) is 5.91 Å². The van der Waals surface area contributed by atoms with Crippen LogP contribution in [0.1, 0.15) is 33.8 Å². The number of hydrogen-bond donors (Lipinski definition) is 1. The summed E-state index contributed by atoms with van der Waals surface area (Å²) in [5.74, 6) is -0.0573. The molecule has 2 heterocycles. The van der Waals surface area contributed by atoms with Gasteiger partial charge in [0, 0.05) is 29.6 Å². The summed E-state index contributed by atoms with van der Waals surface area (Å²) in [7, 11) is 1.65. The lowest BCUT2D eigenvalue weighted by Gasteiger charge is -2.13. The van der Waals surface area contributed by atoms with Crippen molar-refractivity contribution in [3.8, 4) is 11.4 Å². The quantitative estimate of drug-likeness (QED) is 0.792. The molecular formula is C19H17N3OS. The number of nitrogens with zero attached hydrogens (tertiary/aromatic N) is 2. The van der Waals surface area contributed by atoms with E-state index in [0.717, 1.165) is 29.2 Å². The van der Waals surface area contributed by atoms with E-state index in [4.69, 9.17) is 4.98 Å². The average Bonchev–Trinajstić information content (AvgIpc) is 3.31. The van der Waals surface area contributed by atoms with E-state index in [-0.39, 0.29) is 11.3 Å². The lowest BCUT2D eigenvalue weighted by atomic mass is 9.95. The largest absolute Gasteiger partial charge is 0.355 e. The molecular weight excluding hydrogens is 318 g/mol. The lowest BCUT2D eigenvalue weighted by Crippen LogP contribution is -2.18. The molecule has 1 amide bonds. The highest BCUT2D eigenvalue weighted by Gasteiger charge is 2.48. The maximum Gasteiger partial charge on any atom is 0.251 e. The molecule has 5 heteroatoms. The van der Waals surface area contributed by atoms with E-state index < -0.39 is 0 Å². The summed E-state index contributed by atoms with van der Waals surface area (Å²) in [6, 6.07) is 13.8. The number of rotatable bonds is 4. The first-order valence-electron chi connectivity index (χ1n) is 7.93. The van der Waals surface area contributed by atoms with Crippen LogP contribution in [-0.2, 0) is 5.41 Å². The first kappa shape index (κ1) is 15.0. The van der Waals surface area contributed by atoms with Crippen LogP contribution in [0.3, 0.4) is 0 Å². The molecule has 0 unspecified atom stereocenters. The zero-order valence-electron chi connectivity index (χ0n) is 13.3. The highest BCUT2D eigenvalue weighted by atomic mass is 32.1. The fraction of sp³-hybridized carbons (Fsp3) is 0.211. The van der Waals surface area contributed by atoms with Gasteiger partial charge in [0.2, 0.25) is 0 Å². The van der Waals surface area contributed by atoms with Crippen LogP contribution in [0.2, 0.25) is 0 Å². The molecule has 24 heavy (non-hydrogen) atoms. The minimum Gasteiger partial charge on any atom is -0.355 e. The molecule has 2 aromatic heterocycles. The molecule has 0 aliphatic heterocycles. The van der Waals surface area contributed by atoms with Gasteiger partial charge in [0.15, 0.2) is 0 Å². The van der Waals surface area contributed by atoms with Crippen molar-refractivity contribution in [1.82, 2.24) is 15.3 Å². The fourth-order valence-electron chi connectivity index (χ4n) is 2.96. The van der Waals surface area contributed by atoms with Crippen molar-refractivity contribution in [3.05, 3.63) is 70.2 Å². The number of carbonyl (C=O) groups excluding carboxylic acids is 1. The van der Waals surface area contributed by atoms with Crippen molar-refractivity contribution in [2.24, 2.45) is 0 Å². The molecule has 1 N–H and O–H groups in total. The Morgan fingerprint density at radius 2 is 1.92 bits per heavy atom. The normalized spacial score (nSPS) is 15.0. The molecule has 1 aromatic carbocycles. The van der Waals surface area contributed by atoms with Crippen LogP contribution >= 0.6 is 11.3 Å². The topological polar surface area (TPSA) is 54.9 Å². The summed E-state index contributed by atoms with van der Waals surface area (Å²) < 4.78 is 0. The van der Waals surface area contributed by atoms with Gasteiger partial charge in [-0.25, -0.2) is 4.98 Å². The zero-order chi connectivity index (χ0) is 16.6. The number of thiazole rings is 1. The Bertz CT molecular complexity index is 867. The minimum atomic E-state index is -0.0573. The van der Waals surface area contributed by atoms with Gasteiger partial charge in [-0.3, -0.25) is 9.78 Å². The Morgan fingerprint density at radius 3 is 2.54 bits per heavy atom. The first-order valence-corrected chi connectivity index (χ1v) is 8.81. The second-order valence-electron chi connectivity index (χ2n) is 5.99. The zero-order valence-corrected chi connectivity index (χ0v) is 14.1. The van der Waals surface area contributed by atoms with E-state index in [1.165, 1.54) is 5.56 Å². The minimum absolute atomic E-state index is 0.0128. The molecule has 3 aromatic rings. The van der Waals surface area contributed by atoms with E-state index in [1.807, 2.05) is 30.3 Å². The summed E-state index contributed by atoms with van der Waals surface area (Å²) >= 11 is 1.69. The number of nitrogens with one attached hydrogen (secondary N) is 1. The van der Waals surface area contributed by atoms with Gasteiger partial charge in [-0.05, 0) is 42.7 Å². The molecule has 4 nitrogen and oxygen atoms in total. The van der Waals surface area contributed by atoms with Crippen molar-refractivity contribution in [1.29, 1.82) is 0 Å². The van der Waals surface area contributed by atoms with Gasteiger partial charge in [-0.2, -0.15) is 0 Å². The van der Waals surface area contributed by atoms with Gasteiger partial charge in [-0.15, -0.1) is 11.3 Å². The molecule has 1 fully saturated rings. The smallest absolute Gasteiger partial charge is 0.251 e. The predicted molar refractivity (Wildman–Crippen MR) is 95.2 cm³/mol. The van der Waals surface area contributed by atoms with E-state index in [0.29, 0.717) is 5.56 Å². The summed E-state index contributed by atoms with van der Waals surface area (Å²) in [4.78, 5) is 20.9. The maximum atomic E-state index is 11.7. The molecule has 120 valence electrons. The maximum absolute atomic E-state index is 11.7. The third-order valence-corrected chi connectivity index (χ3v) is 5.56. The van der Waals surface area contributed by atoms with Crippen molar-refractivity contribution < 1.29 is 4.79 Å². The van der Waals surface area contributed by atoms with Gasteiger partial charge < -0.3 is 5.32 Å². The Kier molecular flexibility index (Phi) is 3.65. The predicted octanol–water partition coefficient (Wildman–Crippen LogP) is 3.64. The van der Waals surface area contributed by atoms with E-state index in [1.54, 1.807) is 24.6 Å². The van der Waals surface area contributed by atoms with Crippen LogP contribution in [0.4, 0.5) is 0 Å². The molecule has 0 atom stereocenters. The van der Waals surface area contributed by atoms with Crippen LogP contribution in [0.5, 0.6) is 0 Å². The van der Waals surface area contributed by atoms with E-state index >= 15 is 0 Å². The van der Waals surface area contributed by atoms with Crippen LogP contribution in [0.25, 0.3) is 11.4 Å². The van der Waals surface area contributed by atoms with Gasteiger partial charge >= 0.3 is 0 Å². The lowest BCUT2D eigenvalue weighted by molar-refractivity contribution is 0.0963. The van der Waals surface area contributed by atoms with Gasteiger partial charge in [0.1, 0.15) is 5.01 Å². The SMILES string of the molecule is CNC(=O)c1ccc(C2(c3nc(-c4ccccn4)cs3)CC2)cc1. The highest BCUT2D eigenvalue weighted by molar-refractivity contribution is 7.10. The molecule has 4 rings (SSSR count). The summed E-state index contributed by atoms with van der Waals surface area (Å²) in [5, 5.41) is 5.87. The highest BCUT2D eigenvalue weighted by Crippen LogP contribution is 2.54. The van der Waals surface area contributed by atoms with Crippen LogP contribution < -0.4 is 5.32 Å². The molecule has 0 radical (unpaired) electrons. The first-order chi connectivity index (χ1) is 11.7. The summed E-state index contributed by atoms with van der Waals surface area (Å²) in [5.41, 5.74) is 3.77. The average molecular weight is 335 g/mol. The second-order valence-corrected chi connectivity index (χ2v) is 6.85. The Labute approximate surface area is 144 Å². The molecule has 0 saturated heterocycles. The van der Waals surface area contributed by atoms with Crippen molar-refractivity contribution >= 4 is 17.2 Å². The van der Waals surface area contributed by atoms with Crippen LogP contribution in [0.15, 0.2) is 54.0 Å². The van der Waals surface area contributed by atoms with Crippen molar-refractivity contribution in [2.75, 3.05) is 7.05 Å². The monoisotopic (exact) mass is 335 g/mol. The summed E-state index contributed by atoms with van der Waals surface area (Å²) in [6.45, 7) is 0. The molecule has 1 aliphatic rings. The Morgan fingerprint density at radius 1 is 1.12 bits per heavy atom. The van der Waals surface area contributed by atoms with Gasteiger partial charge in [0.05, 0.1) is 11.4 Å². The van der Waals surface area contributed by atoms with Gasteiger partial charge in [-0.1, -0.05) is 18.2 Å². The van der Waals surface area contributed by atoms with Crippen LogP contribution in [0, 0.1) is 0 Å². The van der Waals surface area contributed by atoms with Crippen LogP contribution in [-0.4, -0.2) is 22.9 Å². The number of carbonyl (C=O) groups is 1.